The molecule has 55 heavy (non-hydrogen) atoms. The molecule has 8 rings (SSSR count). The molecule has 298 valence electrons. The van der Waals surface area contributed by atoms with Gasteiger partial charge in [-0.15, -0.1) is 0 Å². The lowest BCUT2D eigenvalue weighted by Gasteiger charge is -2.38. The van der Waals surface area contributed by atoms with Gasteiger partial charge in [0.05, 0.1) is 59.9 Å². The zero-order valence-corrected chi connectivity index (χ0v) is 31.5. The van der Waals surface area contributed by atoms with Crippen molar-refractivity contribution in [1.29, 1.82) is 0 Å². The van der Waals surface area contributed by atoms with Crippen LogP contribution in [0.15, 0.2) is 12.1 Å². The number of aromatic nitrogens is 4. The highest BCUT2D eigenvalue weighted by atomic mass is 35.5. The Labute approximate surface area is 319 Å². The van der Waals surface area contributed by atoms with Gasteiger partial charge in [0, 0.05) is 70.4 Å². The number of fused-ring (bicyclic) bond motifs is 3. The normalized spacial score (nSPS) is 22.5. The van der Waals surface area contributed by atoms with E-state index in [1.807, 2.05) is 4.90 Å². The number of ether oxygens (including phenoxy) is 2. The zero-order valence-electron chi connectivity index (χ0n) is 30.7. The number of methoxy groups -OCH3 is 1. The topological polar surface area (TPSA) is 135 Å². The van der Waals surface area contributed by atoms with E-state index in [1.54, 1.807) is 18.8 Å². The third-order valence-corrected chi connectivity index (χ3v) is 11.3. The van der Waals surface area contributed by atoms with E-state index < -0.39 is 41.1 Å². The van der Waals surface area contributed by atoms with Gasteiger partial charge < -0.3 is 29.9 Å². The SMILES string of the molecule is COc1nc2c(c(N3CCCn4nc(C(=O)N5CC(C(=O)N(C)C)C5)c(Cl)c4C3)n1)COC(c1c(C(F)(F)F)ccc(N)c1F)C2.FC1CC2CCCN2C1. The number of carbonyl (C=O) groups is 2. The minimum Gasteiger partial charge on any atom is -0.467 e. The summed E-state index contributed by atoms with van der Waals surface area (Å²) in [6.07, 6.45) is -2.94. The number of hydrogen-bond donors (Lipinski definition) is 1. The van der Waals surface area contributed by atoms with Gasteiger partial charge in [0.2, 0.25) is 5.91 Å². The molecule has 3 saturated heterocycles. The van der Waals surface area contributed by atoms with Crippen LogP contribution >= 0.6 is 11.6 Å². The summed E-state index contributed by atoms with van der Waals surface area (Å²) in [5, 5.41) is 4.69. The first-order valence-electron chi connectivity index (χ1n) is 18.2. The summed E-state index contributed by atoms with van der Waals surface area (Å²) in [6, 6.07) is 2.20. The number of halogens is 6. The predicted octanol–water partition coefficient (Wildman–Crippen LogP) is 4.65. The summed E-state index contributed by atoms with van der Waals surface area (Å²) >= 11 is 6.75. The van der Waals surface area contributed by atoms with Gasteiger partial charge in [0.1, 0.15) is 12.0 Å². The van der Waals surface area contributed by atoms with Crippen molar-refractivity contribution in [2.45, 2.75) is 76.3 Å². The van der Waals surface area contributed by atoms with E-state index in [0.717, 1.165) is 25.1 Å². The van der Waals surface area contributed by atoms with Crippen LogP contribution < -0.4 is 15.4 Å². The molecule has 5 aliphatic rings. The van der Waals surface area contributed by atoms with Crippen molar-refractivity contribution >= 4 is 34.9 Å². The number of rotatable bonds is 5. The minimum absolute atomic E-state index is 0.0298. The van der Waals surface area contributed by atoms with Crippen LogP contribution in [0.4, 0.5) is 33.5 Å². The first-order chi connectivity index (χ1) is 26.1. The molecule has 2 amide bonds. The van der Waals surface area contributed by atoms with Crippen molar-refractivity contribution in [3.63, 3.8) is 0 Å². The molecule has 7 heterocycles. The number of nitrogen functional groups attached to an aromatic ring is 1. The second kappa shape index (κ2) is 15.3. The lowest BCUT2D eigenvalue weighted by atomic mass is 9.94. The second-order valence-corrected chi connectivity index (χ2v) is 15.1. The van der Waals surface area contributed by atoms with Crippen LogP contribution in [0.1, 0.15) is 70.4 Å². The Kier molecular flexibility index (Phi) is 10.9. The number of alkyl halides is 4. The van der Waals surface area contributed by atoms with Crippen molar-refractivity contribution in [2.24, 2.45) is 5.92 Å². The molecule has 1 aromatic carbocycles. The largest absolute Gasteiger partial charge is 0.467 e. The van der Waals surface area contributed by atoms with E-state index in [9.17, 15) is 27.2 Å². The maximum Gasteiger partial charge on any atom is 0.416 e. The molecule has 0 aliphatic carbocycles. The lowest BCUT2D eigenvalue weighted by Crippen LogP contribution is -2.55. The fourth-order valence-corrected chi connectivity index (χ4v) is 8.36. The van der Waals surface area contributed by atoms with Gasteiger partial charge in [0.25, 0.3) is 5.91 Å². The van der Waals surface area contributed by atoms with E-state index in [4.69, 9.17) is 26.8 Å². The number of benzene rings is 1. The molecule has 19 heteroatoms. The van der Waals surface area contributed by atoms with E-state index in [0.29, 0.717) is 54.9 Å². The van der Waals surface area contributed by atoms with Crippen molar-refractivity contribution < 1.29 is 41.0 Å². The number of amides is 2. The first-order valence-corrected chi connectivity index (χ1v) is 18.6. The predicted molar refractivity (Wildman–Crippen MR) is 191 cm³/mol. The van der Waals surface area contributed by atoms with Crippen LogP contribution in [-0.2, 0) is 41.8 Å². The summed E-state index contributed by atoms with van der Waals surface area (Å²) in [5.74, 6) is -1.47. The smallest absolute Gasteiger partial charge is 0.416 e. The zero-order chi connectivity index (χ0) is 39.3. The van der Waals surface area contributed by atoms with Crippen molar-refractivity contribution in [3.8, 4) is 6.01 Å². The van der Waals surface area contributed by atoms with Gasteiger partial charge in [-0.1, -0.05) is 11.6 Å². The number of likely N-dealkylation sites (tertiary alicyclic amines) is 1. The van der Waals surface area contributed by atoms with Crippen LogP contribution in [0.2, 0.25) is 5.02 Å². The molecular formula is C36H43ClF5N9O4. The Morgan fingerprint density at radius 1 is 1.09 bits per heavy atom. The molecule has 13 nitrogen and oxygen atoms in total. The quantitative estimate of drug-likeness (QED) is 0.287. The molecule has 2 N–H and O–H groups in total. The van der Waals surface area contributed by atoms with Crippen LogP contribution in [0.25, 0.3) is 0 Å². The third kappa shape index (κ3) is 7.64. The minimum atomic E-state index is -4.84. The van der Waals surface area contributed by atoms with Crippen LogP contribution in [-0.4, -0.2) is 112 Å². The number of carbonyl (C=O) groups excluding carboxylic acids is 2. The second-order valence-electron chi connectivity index (χ2n) is 14.8. The average Bonchev–Trinajstić information content (AvgIpc) is 3.74. The van der Waals surface area contributed by atoms with Crippen LogP contribution in [0.5, 0.6) is 6.01 Å². The maximum absolute atomic E-state index is 15.1. The Morgan fingerprint density at radius 2 is 1.85 bits per heavy atom. The van der Waals surface area contributed by atoms with E-state index in [-0.39, 0.29) is 67.1 Å². The van der Waals surface area contributed by atoms with E-state index >= 15 is 4.39 Å². The fourth-order valence-electron chi connectivity index (χ4n) is 8.08. The highest BCUT2D eigenvalue weighted by molar-refractivity contribution is 6.34. The van der Waals surface area contributed by atoms with Gasteiger partial charge >= 0.3 is 12.2 Å². The standard InChI is InChI=1S/C29H31ClF4N8O4.C7H12FN/c1-39(2)26(43)14-10-41(11-14)27(44)24-22(30)19-12-40(7-4-8-42(19)38-24)25-15-13-46-20(9-18(15)36-28(37-25)45-3)21-16(29(32,33)34)5-6-17(35)23(21)31;8-6-4-7-2-1-3-9(7)5-6/h5-6,14,20H,4,7-13,35H2,1-3H3;6-7H,1-5H2. The van der Waals surface area contributed by atoms with E-state index in [2.05, 4.69) is 20.0 Å². The Bertz CT molecular complexity index is 1940. The molecule has 0 spiro atoms. The van der Waals surface area contributed by atoms with Gasteiger partial charge in [0.15, 0.2) is 11.5 Å². The monoisotopic (exact) mass is 795 g/mol. The average molecular weight is 796 g/mol. The van der Waals surface area contributed by atoms with Crippen LogP contribution in [0.3, 0.4) is 0 Å². The van der Waals surface area contributed by atoms with Crippen LogP contribution in [0, 0.1) is 11.7 Å². The first kappa shape index (κ1) is 39.0. The summed E-state index contributed by atoms with van der Waals surface area (Å²) in [4.78, 5) is 41.6. The van der Waals surface area contributed by atoms with Crippen molar-refractivity contribution in [1.82, 2.24) is 34.4 Å². The molecule has 3 aromatic rings. The summed E-state index contributed by atoms with van der Waals surface area (Å²) < 4.78 is 82.1. The number of anilines is 2. The fraction of sp³-hybridized carbons (Fsp3) is 0.583. The van der Waals surface area contributed by atoms with Crippen molar-refractivity contribution in [3.05, 3.63) is 56.7 Å². The highest BCUT2D eigenvalue weighted by Gasteiger charge is 2.42. The molecule has 0 bridgehead atoms. The summed E-state index contributed by atoms with van der Waals surface area (Å²) in [6.45, 7) is 3.34. The lowest BCUT2D eigenvalue weighted by molar-refractivity contribution is -0.140. The Morgan fingerprint density at radius 3 is 2.55 bits per heavy atom. The number of nitrogens with two attached hydrogens (primary N) is 1. The molecule has 3 unspecified atom stereocenters. The maximum atomic E-state index is 15.1. The number of nitrogens with zero attached hydrogens (tertiary/aromatic N) is 8. The van der Waals surface area contributed by atoms with Gasteiger partial charge in [-0.05, 0) is 44.4 Å². The Balaban J connectivity index is 0.000000449. The molecule has 3 fully saturated rings. The third-order valence-electron chi connectivity index (χ3n) is 10.9. The molecule has 0 radical (unpaired) electrons. The van der Waals surface area contributed by atoms with Crippen molar-refractivity contribution in [2.75, 3.05) is 64.6 Å². The van der Waals surface area contributed by atoms with Gasteiger partial charge in [-0.25, -0.2) is 8.78 Å². The Hall–Kier alpha value is -4.29. The molecular weight excluding hydrogens is 753 g/mol. The molecule has 0 saturated carbocycles. The molecule has 5 aliphatic heterocycles. The highest BCUT2D eigenvalue weighted by Crippen LogP contribution is 2.43. The van der Waals surface area contributed by atoms with Gasteiger partial charge in [-0.3, -0.25) is 19.2 Å². The van der Waals surface area contributed by atoms with E-state index in [1.165, 1.54) is 29.8 Å². The molecule has 3 atom stereocenters. The van der Waals surface area contributed by atoms with Gasteiger partial charge in [-0.2, -0.15) is 28.2 Å². The summed E-state index contributed by atoms with van der Waals surface area (Å²) in [5.41, 5.74) is 4.87. The molecule has 2 aromatic heterocycles. The number of hydrogen-bond acceptors (Lipinski definition) is 10. The summed E-state index contributed by atoms with van der Waals surface area (Å²) in [7, 11) is 4.69. The number of aryl methyl sites for hydroxylation is 1.